The Morgan fingerprint density at radius 2 is 1.93 bits per heavy atom. The summed E-state index contributed by atoms with van der Waals surface area (Å²) in [5.41, 5.74) is -0.294. The van der Waals surface area contributed by atoms with E-state index in [2.05, 4.69) is 0 Å². The molecule has 15 heavy (non-hydrogen) atoms. The molecule has 2 unspecified atom stereocenters. The summed E-state index contributed by atoms with van der Waals surface area (Å²) in [5, 5.41) is 36.8. The van der Waals surface area contributed by atoms with Crippen LogP contribution in [0.3, 0.4) is 0 Å². The highest BCUT2D eigenvalue weighted by atomic mass is 16.4. The molecule has 1 rings (SSSR count). The van der Waals surface area contributed by atoms with Gasteiger partial charge in [-0.3, -0.25) is 0 Å². The SMILES string of the molecule is CC(O)C(O)c1cccc(C(=O)O)c1O. The lowest BCUT2D eigenvalue weighted by molar-refractivity contribution is 0.0289. The van der Waals surface area contributed by atoms with Crippen LogP contribution >= 0.6 is 0 Å². The molecule has 0 bridgehead atoms. The molecule has 5 heteroatoms. The smallest absolute Gasteiger partial charge is 0.339 e. The highest BCUT2D eigenvalue weighted by Crippen LogP contribution is 2.29. The number of aromatic carboxylic acids is 1. The zero-order chi connectivity index (χ0) is 11.6. The molecule has 0 aliphatic heterocycles. The van der Waals surface area contributed by atoms with Gasteiger partial charge in [-0.1, -0.05) is 12.1 Å². The molecule has 1 aromatic carbocycles. The number of hydrogen-bond donors (Lipinski definition) is 4. The van der Waals surface area contributed by atoms with E-state index < -0.39 is 23.9 Å². The summed E-state index contributed by atoms with van der Waals surface area (Å²) in [7, 11) is 0. The maximum absolute atomic E-state index is 10.7. The molecule has 82 valence electrons. The molecule has 0 aliphatic rings. The lowest BCUT2D eigenvalue weighted by Crippen LogP contribution is -2.14. The van der Waals surface area contributed by atoms with Gasteiger partial charge >= 0.3 is 5.97 Å². The normalized spacial score (nSPS) is 14.6. The first-order valence-corrected chi connectivity index (χ1v) is 4.36. The fraction of sp³-hybridized carbons (Fsp3) is 0.300. The second kappa shape index (κ2) is 4.29. The molecule has 5 nitrogen and oxygen atoms in total. The summed E-state index contributed by atoms with van der Waals surface area (Å²) in [4.78, 5) is 10.7. The summed E-state index contributed by atoms with van der Waals surface area (Å²) in [6.07, 6.45) is -2.38. The van der Waals surface area contributed by atoms with Crippen LogP contribution in [0.4, 0.5) is 0 Å². The molecule has 0 aliphatic carbocycles. The number of carboxylic acids is 1. The summed E-state index contributed by atoms with van der Waals surface area (Å²) >= 11 is 0. The van der Waals surface area contributed by atoms with Crippen molar-refractivity contribution in [3.63, 3.8) is 0 Å². The molecule has 4 N–H and O–H groups in total. The molecule has 0 spiro atoms. The fourth-order valence-electron chi connectivity index (χ4n) is 1.23. The van der Waals surface area contributed by atoms with Crippen LogP contribution in [0.5, 0.6) is 5.75 Å². The van der Waals surface area contributed by atoms with Gasteiger partial charge in [-0.2, -0.15) is 0 Å². The van der Waals surface area contributed by atoms with Crippen molar-refractivity contribution in [3.05, 3.63) is 29.3 Å². The number of aliphatic hydroxyl groups is 2. The lowest BCUT2D eigenvalue weighted by Gasteiger charge is -2.16. The maximum Gasteiger partial charge on any atom is 0.339 e. The Balaban J connectivity index is 3.21. The molecule has 2 atom stereocenters. The zero-order valence-corrected chi connectivity index (χ0v) is 8.08. The van der Waals surface area contributed by atoms with Gasteiger partial charge in [-0.25, -0.2) is 4.79 Å². The van der Waals surface area contributed by atoms with Crippen LogP contribution in [0.25, 0.3) is 0 Å². The summed E-state index contributed by atoms with van der Waals surface area (Å²) in [6.45, 7) is 1.34. The van der Waals surface area contributed by atoms with Gasteiger partial charge in [-0.05, 0) is 13.0 Å². The molecule has 0 aromatic heterocycles. The lowest BCUT2D eigenvalue weighted by atomic mass is 10.0. The van der Waals surface area contributed by atoms with Crippen LogP contribution < -0.4 is 0 Å². The van der Waals surface area contributed by atoms with E-state index in [0.29, 0.717) is 0 Å². The Morgan fingerprint density at radius 3 is 2.40 bits per heavy atom. The summed E-state index contributed by atoms with van der Waals surface area (Å²) < 4.78 is 0. The third kappa shape index (κ3) is 2.26. The van der Waals surface area contributed by atoms with Crippen LogP contribution in [0.1, 0.15) is 28.9 Å². The van der Waals surface area contributed by atoms with Gasteiger partial charge in [0.15, 0.2) is 0 Å². The second-order valence-corrected chi connectivity index (χ2v) is 3.23. The Bertz CT molecular complexity index is 372. The molecule has 0 saturated heterocycles. The van der Waals surface area contributed by atoms with E-state index in [9.17, 15) is 15.0 Å². The van der Waals surface area contributed by atoms with E-state index in [0.717, 1.165) is 0 Å². The second-order valence-electron chi connectivity index (χ2n) is 3.23. The van der Waals surface area contributed by atoms with Crippen molar-refractivity contribution >= 4 is 5.97 Å². The Labute approximate surface area is 86.2 Å². The monoisotopic (exact) mass is 212 g/mol. The number of aromatic hydroxyl groups is 1. The van der Waals surface area contributed by atoms with Crippen molar-refractivity contribution in [1.82, 2.24) is 0 Å². The summed E-state index contributed by atoms with van der Waals surface area (Å²) in [6, 6.07) is 3.97. The number of para-hydroxylation sites is 1. The average molecular weight is 212 g/mol. The standard InChI is InChI=1S/C10H12O5/c1-5(11)8(12)6-3-2-4-7(9(6)13)10(14)15/h2-5,8,11-13H,1H3,(H,14,15). The number of carbonyl (C=O) groups is 1. The highest BCUT2D eigenvalue weighted by molar-refractivity contribution is 5.91. The predicted octanol–water partition coefficient (Wildman–Crippen LogP) is 0.505. The molecule has 0 radical (unpaired) electrons. The molecule has 0 amide bonds. The van der Waals surface area contributed by atoms with Crippen molar-refractivity contribution < 1.29 is 25.2 Å². The van der Waals surface area contributed by atoms with Crippen molar-refractivity contribution in [3.8, 4) is 5.75 Å². The van der Waals surface area contributed by atoms with Crippen LogP contribution in [0, 0.1) is 0 Å². The third-order valence-corrected chi connectivity index (χ3v) is 2.07. The highest BCUT2D eigenvalue weighted by Gasteiger charge is 2.21. The van der Waals surface area contributed by atoms with E-state index in [-0.39, 0.29) is 11.1 Å². The van der Waals surface area contributed by atoms with Crippen molar-refractivity contribution in [1.29, 1.82) is 0 Å². The number of carboxylic acid groups (broad SMARTS) is 1. The fourth-order valence-corrected chi connectivity index (χ4v) is 1.23. The van der Waals surface area contributed by atoms with Gasteiger partial charge in [0.1, 0.15) is 17.4 Å². The number of hydrogen-bond acceptors (Lipinski definition) is 4. The van der Waals surface area contributed by atoms with Crippen LogP contribution in [0.15, 0.2) is 18.2 Å². The Hall–Kier alpha value is -1.59. The van der Waals surface area contributed by atoms with Crippen molar-refractivity contribution in [2.24, 2.45) is 0 Å². The molecular formula is C10H12O5. The number of rotatable bonds is 3. The quantitative estimate of drug-likeness (QED) is 0.585. The van der Waals surface area contributed by atoms with Crippen LogP contribution in [-0.2, 0) is 0 Å². The van der Waals surface area contributed by atoms with Crippen LogP contribution in [-0.4, -0.2) is 32.5 Å². The van der Waals surface area contributed by atoms with Crippen molar-refractivity contribution in [2.45, 2.75) is 19.1 Å². The minimum Gasteiger partial charge on any atom is -0.507 e. The summed E-state index contributed by atoms with van der Waals surface area (Å²) in [5.74, 6) is -1.80. The van der Waals surface area contributed by atoms with Gasteiger partial charge in [0.25, 0.3) is 0 Å². The topological polar surface area (TPSA) is 98.0 Å². The van der Waals surface area contributed by atoms with Gasteiger partial charge in [0.2, 0.25) is 0 Å². The molecular weight excluding hydrogens is 200 g/mol. The predicted molar refractivity (Wildman–Crippen MR) is 51.7 cm³/mol. The van der Waals surface area contributed by atoms with E-state index in [1.54, 1.807) is 0 Å². The third-order valence-electron chi connectivity index (χ3n) is 2.07. The first kappa shape index (κ1) is 11.5. The molecule has 0 heterocycles. The minimum absolute atomic E-state index is 0.00454. The van der Waals surface area contributed by atoms with E-state index in [1.807, 2.05) is 0 Å². The van der Waals surface area contributed by atoms with E-state index in [1.165, 1.54) is 25.1 Å². The number of benzene rings is 1. The Kier molecular flexibility index (Phi) is 3.28. The van der Waals surface area contributed by atoms with Crippen LogP contribution in [0.2, 0.25) is 0 Å². The first-order chi connectivity index (χ1) is 6.95. The maximum atomic E-state index is 10.7. The number of aliphatic hydroxyl groups excluding tert-OH is 2. The minimum atomic E-state index is -1.30. The van der Waals surface area contributed by atoms with Gasteiger partial charge in [0, 0.05) is 5.56 Å². The average Bonchev–Trinajstić information content (AvgIpc) is 2.16. The van der Waals surface area contributed by atoms with E-state index in [4.69, 9.17) is 10.2 Å². The van der Waals surface area contributed by atoms with Gasteiger partial charge in [-0.15, -0.1) is 0 Å². The van der Waals surface area contributed by atoms with E-state index >= 15 is 0 Å². The number of phenols is 1. The van der Waals surface area contributed by atoms with Gasteiger partial charge < -0.3 is 20.4 Å². The molecule has 0 fully saturated rings. The zero-order valence-electron chi connectivity index (χ0n) is 8.08. The first-order valence-electron chi connectivity index (χ1n) is 4.36. The Morgan fingerprint density at radius 1 is 1.33 bits per heavy atom. The molecule has 0 saturated carbocycles. The van der Waals surface area contributed by atoms with Gasteiger partial charge in [0.05, 0.1) is 6.10 Å². The molecule has 1 aromatic rings. The largest absolute Gasteiger partial charge is 0.507 e. The van der Waals surface area contributed by atoms with Crippen molar-refractivity contribution in [2.75, 3.05) is 0 Å².